The zero-order valence-corrected chi connectivity index (χ0v) is 15.3. The summed E-state index contributed by atoms with van der Waals surface area (Å²) in [5.41, 5.74) is 5.30. The summed E-state index contributed by atoms with van der Waals surface area (Å²) in [5.74, 6) is -0.757. The van der Waals surface area contributed by atoms with Gasteiger partial charge in [0.15, 0.2) is 0 Å². The van der Waals surface area contributed by atoms with Crippen molar-refractivity contribution in [2.24, 2.45) is 0 Å². The van der Waals surface area contributed by atoms with Crippen molar-refractivity contribution in [1.29, 1.82) is 0 Å². The monoisotopic (exact) mass is 395 g/mol. The van der Waals surface area contributed by atoms with Gasteiger partial charge in [0.1, 0.15) is 6.04 Å². The minimum atomic E-state index is -0.516. The highest BCUT2D eigenvalue weighted by atomic mass is 79.9. The fraction of sp³-hybridized carbons (Fsp3) is 0.471. The van der Waals surface area contributed by atoms with Crippen LogP contribution in [0.5, 0.6) is 0 Å². The molecule has 1 unspecified atom stereocenters. The van der Waals surface area contributed by atoms with E-state index in [-0.39, 0.29) is 11.8 Å². The number of amides is 3. The van der Waals surface area contributed by atoms with E-state index in [9.17, 15) is 14.4 Å². The SMILES string of the molecule is CCCC(=O)N1CCCCC1C(=O)NNC(=O)c1ccccc1Br. The first-order valence-electron chi connectivity index (χ1n) is 8.18. The molecule has 3 amide bonds. The standard InChI is InChI=1S/C17H22BrN3O3/c1-2-7-15(22)21-11-6-5-10-14(21)17(24)20-19-16(23)12-8-3-4-9-13(12)18/h3-4,8-9,14H,2,5-7,10-11H2,1H3,(H,19,23)(H,20,24). The van der Waals surface area contributed by atoms with Gasteiger partial charge < -0.3 is 4.90 Å². The topological polar surface area (TPSA) is 78.5 Å². The van der Waals surface area contributed by atoms with Crippen LogP contribution >= 0.6 is 15.9 Å². The van der Waals surface area contributed by atoms with Crippen LogP contribution in [0, 0.1) is 0 Å². The lowest BCUT2D eigenvalue weighted by Crippen LogP contribution is -2.55. The van der Waals surface area contributed by atoms with E-state index in [0.717, 1.165) is 19.3 Å². The van der Waals surface area contributed by atoms with Crippen molar-refractivity contribution in [2.45, 2.75) is 45.1 Å². The molecule has 1 atom stereocenters. The maximum absolute atomic E-state index is 12.4. The highest BCUT2D eigenvalue weighted by Crippen LogP contribution is 2.19. The van der Waals surface area contributed by atoms with E-state index in [0.29, 0.717) is 29.4 Å². The van der Waals surface area contributed by atoms with Crippen LogP contribution in [0.4, 0.5) is 0 Å². The van der Waals surface area contributed by atoms with Crippen LogP contribution in [0.3, 0.4) is 0 Å². The average Bonchev–Trinajstić information content (AvgIpc) is 2.60. The third kappa shape index (κ3) is 4.56. The first-order valence-corrected chi connectivity index (χ1v) is 8.98. The van der Waals surface area contributed by atoms with Gasteiger partial charge in [-0.05, 0) is 53.7 Å². The molecule has 1 saturated heterocycles. The molecule has 0 aromatic heterocycles. The molecule has 2 rings (SSSR count). The van der Waals surface area contributed by atoms with Crippen molar-refractivity contribution in [2.75, 3.05) is 6.54 Å². The third-order valence-electron chi connectivity index (χ3n) is 4.01. The van der Waals surface area contributed by atoms with Crippen LogP contribution in [0.1, 0.15) is 49.4 Å². The number of nitrogens with one attached hydrogen (secondary N) is 2. The Kier molecular flexibility index (Phi) is 6.78. The van der Waals surface area contributed by atoms with Gasteiger partial charge in [0.2, 0.25) is 5.91 Å². The number of likely N-dealkylation sites (tertiary alicyclic amines) is 1. The van der Waals surface area contributed by atoms with E-state index in [4.69, 9.17) is 0 Å². The summed E-state index contributed by atoms with van der Waals surface area (Å²) in [6, 6.07) is 6.44. The molecule has 7 heteroatoms. The molecule has 24 heavy (non-hydrogen) atoms. The molecule has 6 nitrogen and oxygen atoms in total. The Balaban J connectivity index is 1.96. The summed E-state index contributed by atoms with van der Waals surface area (Å²) in [7, 11) is 0. The van der Waals surface area contributed by atoms with Gasteiger partial charge in [-0.15, -0.1) is 0 Å². The van der Waals surface area contributed by atoms with E-state index in [1.54, 1.807) is 29.2 Å². The van der Waals surface area contributed by atoms with E-state index in [2.05, 4.69) is 26.8 Å². The minimum absolute atomic E-state index is 0.00511. The number of halogens is 1. The largest absolute Gasteiger partial charge is 0.331 e. The molecule has 1 aromatic carbocycles. The summed E-state index contributed by atoms with van der Waals surface area (Å²) < 4.78 is 0.647. The van der Waals surface area contributed by atoms with Crippen molar-refractivity contribution in [3.8, 4) is 0 Å². The van der Waals surface area contributed by atoms with Gasteiger partial charge in [-0.2, -0.15) is 0 Å². The van der Waals surface area contributed by atoms with Crippen molar-refractivity contribution in [3.63, 3.8) is 0 Å². The first kappa shape index (κ1) is 18.4. The fourth-order valence-electron chi connectivity index (χ4n) is 2.77. The molecule has 1 heterocycles. The summed E-state index contributed by atoms with van der Waals surface area (Å²) in [6.45, 7) is 2.53. The first-order chi connectivity index (χ1) is 11.5. The second-order valence-corrected chi connectivity index (χ2v) is 6.63. The average molecular weight is 396 g/mol. The summed E-state index contributed by atoms with van der Waals surface area (Å²) >= 11 is 3.30. The highest BCUT2D eigenvalue weighted by Gasteiger charge is 2.31. The number of hydrogen-bond acceptors (Lipinski definition) is 3. The third-order valence-corrected chi connectivity index (χ3v) is 4.70. The molecular formula is C17H22BrN3O3. The van der Waals surface area contributed by atoms with Crippen LogP contribution in [0.15, 0.2) is 28.7 Å². The lowest BCUT2D eigenvalue weighted by atomic mass is 10.0. The Morgan fingerprint density at radius 3 is 2.67 bits per heavy atom. The maximum Gasteiger partial charge on any atom is 0.270 e. The Labute approximate surface area is 150 Å². The number of benzene rings is 1. The Morgan fingerprint density at radius 1 is 1.21 bits per heavy atom. The van der Waals surface area contributed by atoms with Crippen LogP contribution in [-0.2, 0) is 9.59 Å². The van der Waals surface area contributed by atoms with Crippen LogP contribution < -0.4 is 10.9 Å². The zero-order valence-electron chi connectivity index (χ0n) is 13.7. The van der Waals surface area contributed by atoms with E-state index < -0.39 is 11.9 Å². The summed E-state index contributed by atoms with van der Waals surface area (Å²) in [6.07, 6.45) is 3.61. The maximum atomic E-state index is 12.4. The highest BCUT2D eigenvalue weighted by molar-refractivity contribution is 9.10. The normalized spacial score (nSPS) is 17.2. The van der Waals surface area contributed by atoms with E-state index in [1.165, 1.54) is 0 Å². The lowest BCUT2D eigenvalue weighted by Gasteiger charge is -2.34. The van der Waals surface area contributed by atoms with Gasteiger partial charge in [0, 0.05) is 17.4 Å². The predicted octanol–water partition coefficient (Wildman–Crippen LogP) is 2.39. The van der Waals surface area contributed by atoms with Crippen LogP contribution in [-0.4, -0.2) is 35.2 Å². The molecule has 1 aliphatic rings. The number of hydrogen-bond donors (Lipinski definition) is 2. The molecule has 1 fully saturated rings. The van der Waals surface area contributed by atoms with Crippen molar-refractivity contribution >= 4 is 33.7 Å². The number of hydrazine groups is 1. The smallest absolute Gasteiger partial charge is 0.270 e. The van der Waals surface area contributed by atoms with Crippen molar-refractivity contribution in [1.82, 2.24) is 15.8 Å². The van der Waals surface area contributed by atoms with Crippen molar-refractivity contribution in [3.05, 3.63) is 34.3 Å². The predicted molar refractivity (Wildman–Crippen MR) is 94.0 cm³/mol. The molecule has 130 valence electrons. The van der Waals surface area contributed by atoms with Gasteiger partial charge in [-0.25, -0.2) is 0 Å². The van der Waals surface area contributed by atoms with Crippen LogP contribution in [0.25, 0.3) is 0 Å². The molecule has 0 aliphatic carbocycles. The van der Waals surface area contributed by atoms with E-state index >= 15 is 0 Å². The number of rotatable bonds is 4. The van der Waals surface area contributed by atoms with Crippen molar-refractivity contribution < 1.29 is 14.4 Å². The number of nitrogens with zero attached hydrogens (tertiary/aromatic N) is 1. The quantitative estimate of drug-likeness (QED) is 0.768. The molecule has 0 radical (unpaired) electrons. The Bertz CT molecular complexity index is 621. The Morgan fingerprint density at radius 2 is 1.96 bits per heavy atom. The molecular weight excluding hydrogens is 374 g/mol. The molecule has 1 aliphatic heterocycles. The van der Waals surface area contributed by atoms with Gasteiger partial charge in [-0.3, -0.25) is 25.2 Å². The lowest BCUT2D eigenvalue weighted by molar-refractivity contribution is -0.142. The van der Waals surface area contributed by atoms with Gasteiger partial charge in [0.25, 0.3) is 11.8 Å². The second kappa shape index (κ2) is 8.82. The Hall–Kier alpha value is -1.89. The van der Waals surface area contributed by atoms with E-state index in [1.807, 2.05) is 6.92 Å². The van der Waals surface area contributed by atoms with Gasteiger partial charge in [-0.1, -0.05) is 19.1 Å². The molecule has 0 bridgehead atoms. The number of carbonyl (C=O) groups is 3. The molecule has 0 saturated carbocycles. The summed E-state index contributed by atoms with van der Waals surface area (Å²) in [4.78, 5) is 38.3. The fourth-order valence-corrected chi connectivity index (χ4v) is 3.24. The minimum Gasteiger partial charge on any atom is -0.331 e. The van der Waals surface area contributed by atoms with Gasteiger partial charge in [0.05, 0.1) is 5.56 Å². The van der Waals surface area contributed by atoms with Gasteiger partial charge >= 0.3 is 0 Å². The zero-order chi connectivity index (χ0) is 17.5. The second-order valence-electron chi connectivity index (χ2n) is 5.77. The van der Waals surface area contributed by atoms with Crippen LogP contribution in [0.2, 0.25) is 0 Å². The summed E-state index contributed by atoms with van der Waals surface area (Å²) in [5, 5.41) is 0. The molecule has 1 aromatic rings. The number of piperidine rings is 1. The molecule has 2 N–H and O–H groups in total. The number of carbonyl (C=O) groups excluding carboxylic acids is 3. The molecule has 0 spiro atoms.